The third-order valence-corrected chi connectivity index (χ3v) is 3.65. The summed E-state index contributed by atoms with van der Waals surface area (Å²) >= 11 is 1.75. The van der Waals surface area contributed by atoms with E-state index < -0.39 is 0 Å². The Hall–Kier alpha value is -0.410. The highest BCUT2D eigenvalue weighted by Gasteiger charge is 2.12. The van der Waals surface area contributed by atoms with Gasteiger partial charge in [-0.15, -0.1) is 11.3 Å². The average Bonchev–Trinajstić information content (AvgIpc) is 2.66. The van der Waals surface area contributed by atoms with Crippen LogP contribution in [0.25, 0.3) is 0 Å². The monoisotopic (exact) mass is 212 g/mol. The zero-order valence-electron chi connectivity index (χ0n) is 9.29. The molecule has 14 heavy (non-hydrogen) atoms. The molecule has 2 nitrogen and oxygen atoms in total. The summed E-state index contributed by atoms with van der Waals surface area (Å²) in [5, 5.41) is 3.34. The Morgan fingerprint density at radius 1 is 1.50 bits per heavy atom. The minimum Gasteiger partial charge on any atom is -0.323 e. The zero-order chi connectivity index (χ0) is 10.6. The van der Waals surface area contributed by atoms with E-state index in [0.29, 0.717) is 5.92 Å². The van der Waals surface area contributed by atoms with E-state index in [1.807, 2.05) is 0 Å². The fourth-order valence-corrected chi connectivity index (χ4v) is 2.36. The second kappa shape index (κ2) is 5.47. The van der Waals surface area contributed by atoms with Crippen LogP contribution in [0.15, 0.2) is 5.38 Å². The van der Waals surface area contributed by atoms with Crippen molar-refractivity contribution in [2.45, 2.75) is 52.0 Å². The number of hydrogen-bond acceptors (Lipinski definition) is 3. The topological polar surface area (TPSA) is 38.9 Å². The van der Waals surface area contributed by atoms with Crippen molar-refractivity contribution in [3.05, 3.63) is 16.1 Å². The molecule has 1 aromatic rings. The van der Waals surface area contributed by atoms with Gasteiger partial charge in [0, 0.05) is 17.3 Å². The highest BCUT2D eigenvalue weighted by atomic mass is 32.1. The minimum atomic E-state index is 0.133. The molecule has 0 spiro atoms. The van der Waals surface area contributed by atoms with E-state index >= 15 is 0 Å². The Labute approximate surface area is 90.6 Å². The highest BCUT2D eigenvalue weighted by Crippen LogP contribution is 2.25. The van der Waals surface area contributed by atoms with Gasteiger partial charge in [-0.1, -0.05) is 27.2 Å². The predicted molar refractivity (Wildman–Crippen MR) is 62.7 cm³/mol. The summed E-state index contributed by atoms with van der Waals surface area (Å²) in [6.07, 6.45) is 3.30. The molecule has 0 saturated carbocycles. The third kappa shape index (κ3) is 2.79. The molecule has 0 aliphatic heterocycles. The van der Waals surface area contributed by atoms with Crippen molar-refractivity contribution in [3.63, 3.8) is 0 Å². The Kier molecular flexibility index (Phi) is 4.55. The van der Waals surface area contributed by atoms with Crippen LogP contribution in [-0.4, -0.2) is 4.98 Å². The van der Waals surface area contributed by atoms with Gasteiger partial charge < -0.3 is 5.73 Å². The number of nitrogens with two attached hydrogens (primary N) is 1. The van der Waals surface area contributed by atoms with Crippen molar-refractivity contribution in [2.75, 3.05) is 0 Å². The first-order chi connectivity index (χ1) is 6.69. The van der Waals surface area contributed by atoms with Crippen molar-refractivity contribution in [3.8, 4) is 0 Å². The molecule has 3 heteroatoms. The minimum absolute atomic E-state index is 0.133. The molecule has 2 atom stereocenters. The van der Waals surface area contributed by atoms with Crippen molar-refractivity contribution in [2.24, 2.45) is 5.73 Å². The Balaban J connectivity index is 2.67. The lowest BCUT2D eigenvalue weighted by Crippen LogP contribution is -2.10. The van der Waals surface area contributed by atoms with Crippen LogP contribution in [0, 0.1) is 0 Å². The summed E-state index contributed by atoms with van der Waals surface area (Å²) in [5.41, 5.74) is 7.08. The molecule has 2 N–H and O–H groups in total. The molecule has 0 bridgehead atoms. The van der Waals surface area contributed by atoms with E-state index in [1.54, 1.807) is 11.3 Å². The Morgan fingerprint density at radius 2 is 2.21 bits per heavy atom. The summed E-state index contributed by atoms with van der Waals surface area (Å²) in [4.78, 5) is 4.59. The van der Waals surface area contributed by atoms with Crippen LogP contribution in [0.5, 0.6) is 0 Å². The van der Waals surface area contributed by atoms with Gasteiger partial charge in [0.15, 0.2) is 0 Å². The largest absolute Gasteiger partial charge is 0.323 e. The summed E-state index contributed by atoms with van der Waals surface area (Å²) in [5.74, 6) is 0.572. The van der Waals surface area contributed by atoms with Gasteiger partial charge in [-0.25, -0.2) is 4.98 Å². The van der Waals surface area contributed by atoms with Crippen LogP contribution in [0.1, 0.15) is 62.7 Å². The van der Waals surface area contributed by atoms with Crippen molar-refractivity contribution in [1.82, 2.24) is 4.98 Å². The van der Waals surface area contributed by atoms with E-state index in [0.717, 1.165) is 25.0 Å². The molecule has 1 rings (SSSR count). The molecule has 1 aromatic heterocycles. The van der Waals surface area contributed by atoms with Gasteiger partial charge in [-0.05, 0) is 12.8 Å². The first-order valence-electron chi connectivity index (χ1n) is 5.39. The molecular formula is C11H20N2S. The molecular weight excluding hydrogens is 192 g/mol. The van der Waals surface area contributed by atoms with E-state index in [4.69, 9.17) is 5.73 Å². The molecule has 0 saturated heterocycles. The van der Waals surface area contributed by atoms with E-state index in [-0.39, 0.29) is 6.04 Å². The lowest BCUT2D eigenvalue weighted by molar-refractivity contribution is 0.618. The van der Waals surface area contributed by atoms with Gasteiger partial charge in [0.2, 0.25) is 0 Å². The summed E-state index contributed by atoms with van der Waals surface area (Å²) in [6, 6.07) is 0.133. The van der Waals surface area contributed by atoms with Crippen LogP contribution in [0.4, 0.5) is 0 Å². The smallest absolute Gasteiger partial charge is 0.0957 e. The van der Waals surface area contributed by atoms with Crippen molar-refractivity contribution < 1.29 is 0 Å². The number of rotatable bonds is 5. The molecule has 80 valence electrons. The fraction of sp³-hybridized carbons (Fsp3) is 0.727. The van der Waals surface area contributed by atoms with Crippen LogP contribution >= 0.6 is 11.3 Å². The third-order valence-electron chi connectivity index (χ3n) is 2.55. The number of hydrogen-bond donors (Lipinski definition) is 1. The molecule has 1 heterocycles. The van der Waals surface area contributed by atoms with Crippen molar-refractivity contribution >= 4 is 11.3 Å². The highest BCUT2D eigenvalue weighted by molar-refractivity contribution is 7.09. The lowest BCUT2D eigenvalue weighted by Gasteiger charge is -2.06. The Morgan fingerprint density at radius 3 is 2.79 bits per heavy atom. The van der Waals surface area contributed by atoms with Gasteiger partial charge in [0.1, 0.15) is 0 Å². The first kappa shape index (κ1) is 11.7. The molecule has 0 radical (unpaired) electrons. The standard InChI is InChI=1S/C11H20N2S/c1-4-6-9(12)10-7-14-11(13-10)8(3)5-2/h7-9H,4-6,12H2,1-3H3. The van der Waals surface area contributed by atoms with Crippen molar-refractivity contribution in [1.29, 1.82) is 0 Å². The van der Waals surface area contributed by atoms with Crippen LogP contribution in [-0.2, 0) is 0 Å². The molecule has 0 fully saturated rings. The van der Waals surface area contributed by atoms with Gasteiger partial charge in [0.25, 0.3) is 0 Å². The summed E-state index contributed by atoms with van der Waals surface area (Å²) in [7, 11) is 0. The molecule has 2 unspecified atom stereocenters. The molecule has 0 aliphatic rings. The fourth-order valence-electron chi connectivity index (χ4n) is 1.33. The summed E-state index contributed by atoms with van der Waals surface area (Å²) < 4.78 is 0. The number of aromatic nitrogens is 1. The SMILES string of the molecule is CCCC(N)c1csc(C(C)CC)n1. The molecule has 0 amide bonds. The van der Waals surface area contributed by atoms with Gasteiger partial charge in [-0.3, -0.25) is 0 Å². The second-order valence-electron chi connectivity index (χ2n) is 3.82. The number of nitrogens with zero attached hydrogens (tertiary/aromatic N) is 1. The quantitative estimate of drug-likeness (QED) is 0.812. The lowest BCUT2D eigenvalue weighted by atomic mass is 10.1. The maximum absolute atomic E-state index is 6.00. The van der Waals surface area contributed by atoms with Crippen LogP contribution in [0.2, 0.25) is 0 Å². The van der Waals surface area contributed by atoms with E-state index in [1.165, 1.54) is 5.01 Å². The first-order valence-corrected chi connectivity index (χ1v) is 6.27. The van der Waals surface area contributed by atoms with E-state index in [2.05, 4.69) is 31.1 Å². The van der Waals surface area contributed by atoms with Crippen LogP contribution in [0.3, 0.4) is 0 Å². The van der Waals surface area contributed by atoms with Crippen LogP contribution < -0.4 is 5.73 Å². The molecule has 0 aliphatic carbocycles. The maximum Gasteiger partial charge on any atom is 0.0957 e. The Bertz CT molecular complexity index is 270. The van der Waals surface area contributed by atoms with E-state index in [9.17, 15) is 0 Å². The second-order valence-corrected chi connectivity index (χ2v) is 4.70. The average molecular weight is 212 g/mol. The zero-order valence-corrected chi connectivity index (χ0v) is 10.1. The molecule has 0 aromatic carbocycles. The summed E-state index contributed by atoms with van der Waals surface area (Å²) in [6.45, 7) is 6.56. The predicted octanol–water partition coefficient (Wildman–Crippen LogP) is 3.46. The maximum atomic E-state index is 6.00. The normalized spacial score (nSPS) is 15.4. The van der Waals surface area contributed by atoms with Gasteiger partial charge in [-0.2, -0.15) is 0 Å². The van der Waals surface area contributed by atoms with Gasteiger partial charge >= 0.3 is 0 Å². The van der Waals surface area contributed by atoms with Gasteiger partial charge in [0.05, 0.1) is 10.7 Å². The number of thiazole rings is 1.